The van der Waals surface area contributed by atoms with Crippen LogP contribution in [0.25, 0.3) is 0 Å². The molecule has 4 rings (SSSR count). The van der Waals surface area contributed by atoms with Gasteiger partial charge in [-0.15, -0.1) is 11.6 Å². The number of carbonyl (C=O) groups excluding carboxylic acids is 2. The zero-order chi connectivity index (χ0) is 24.9. The Bertz CT molecular complexity index is 1070. The SMILES string of the molecule is COc1cc(C2C[C@H](COC=O)[C@H](NC(=O)CCCCl)c3cc4c(cc32)OCO4)cc(OC)c1O. The molecule has 2 aromatic rings. The lowest BCUT2D eigenvalue weighted by molar-refractivity contribution is -0.130. The monoisotopic (exact) mass is 505 g/mol. The van der Waals surface area contributed by atoms with E-state index in [4.69, 9.17) is 35.3 Å². The van der Waals surface area contributed by atoms with Crippen LogP contribution in [0.2, 0.25) is 0 Å². The molecule has 9 nitrogen and oxygen atoms in total. The molecule has 0 fully saturated rings. The summed E-state index contributed by atoms with van der Waals surface area (Å²) in [4.78, 5) is 23.7. The van der Waals surface area contributed by atoms with Crippen LogP contribution in [-0.4, -0.2) is 51.0 Å². The number of aromatic hydroxyl groups is 1. The van der Waals surface area contributed by atoms with E-state index in [0.717, 1.165) is 16.7 Å². The highest BCUT2D eigenvalue weighted by molar-refractivity contribution is 6.17. The Morgan fingerprint density at radius 2 is 1.80 bits per heavy atom. The normalized spacial score (nSPS) is 20.0. The molecule has 0 saturated heterocycles. The first-order valence-electron chi connectivity index (χ1n) is 11.3. The van der Waals surface area contributed by atoms with Crippen molar-refractivity contribution in [1.82, 2.24) is 5.32 Å². The summed E-state index contributed by atoms with van der Waals surface area (Å²) in [7, 11) is 2.94. The van der Waals surface area contributed by atoms with Crippen LogP contribution in [0.4, 0.5) is 0 Å². The number of hydrogen-bond acceptors (Lipinski definition) is 8. The second kappa shape index (κ2) is 10.9. The Morgan fingerprint density at radius 1 is 1.14 bits per heavy atom. The van der Waals surface area contributed by atoms with Crippen LogP contribution >= 0.6 is 11.6 Å². The molecule has 2 aliphatic rings. The zero-order valence-electron chi connectivity index (χ0n) is 19.5. The van der Waals surface area contributed by atoms with Gasteiger partial charge in [-0.05, 0) is 53.8 Å². The predicted octanol–water partition coefficient (Wildman–Crippen LogP) is 3.64. The lowest BCUT2D eigenvalue weighted by Crippen LogP contribution is -2.39. The van der Waals surface area contributed by atoms with Crippen molar-refractivity contribution in [2.45, 2.75) is 31.2 Å². The van der Waals surface area contributed by atoms with E-state index in [2.05, 4.69) is 5.32 Å². The van der Waals surface area contributed by atoms with Gasteiger partial charge in [0.25, 0.3) is 6.47 Å². The van der Waals surface area contributed by atoms with Crippen molar-refractivity contribution in [3.63, 3.8) is 0 Å². The lowest BCUT2D eigenvalue weighted by atomic mass is 9.71. The predicted molar refractivity (Wildman–Crippen MR) is 127 cm³/mol. The lowest BCUT2D eigenvalue weighted by Gasteiger charge is -2.38. The molecule has 10 heteroatoms. The van der Waals surface area contributed by atoms with Crippen LogP contribution in [0, 0.1) is 5.92 Å². The summed E-state index contributed by atoms with van der Waals surface area (Å²) in [6.07, 6.45) is 1.38. The van der Waals surface area contributed by atoms with Crippen molar-refractivity contribution < 1.29 is 38.4 Å². The highest BCUT2D eigenvalue weighted by Crippen LogP contribution is 2.51. The second-order valence-electron chi connectivity index (χ2n) is 8.42. The van der Waals surface area contributed by atoms with E-state index < -0.39 is 6.04 Å². The quantitative estimate of drug-likeness (QED) is 0.372. The molecule has 0 aromatic heterocycles. The molecule has 0 bridgehead atoms. The van der Waals surface area contributed by atoms with Crippen LogP contribution in [0.5, 0.6) is 28.7 Å². The number of phenols is 1. The third-order valence-electron chi connectivity index (χ3n) is 6.44. The van der Waals surface area contributed by atoms with E-state index in [1.165, 1.54) is 14.2 Å². The number of phenolic OH excluding ortho intramolecular Hbond substituents is 1. The number of benzene rings is 2. The van der Waals surface area contributed by atoms with E-state index in [1.54, 1.807) is 12.1 Å². The first-order valence-corrected chi connectivity index (χ1v) is 11.8. The zero-order valence-corrected chi connectivity index (χ0v) is 20.3. The largest absolute Gasteiger partial charge is 0.502 e. The molecule has 3 atom stereocenters. The first-order chi connectivity index (χ1) is 17.0. The number of ether oxygens (including phenoxy) is 5. The van der Waals surface area contributed by atoms with Gasteiger partial charge in [0.05, 0.1) is 26.9 Å². The van der Waals surface area contributed by atoms with Gasteiger partial charge < -0.3 is 34.1 Å². The van der Waals surface area contributed by atoms with E-state index in [9.17, 15) is 14.7 Å². The summed E-state index contributed by atoms with van der Waals surface area (Å²) in [5, 5.41) is 13.5. The van der Waals surface area contributed by atoms with Crippen molar-refractivity contribution in [3.8, 4) is 28.7 Å². The maximum Gasteiger partial charge on any atom is 0.293 e. The van der Waals surface area contributed by atoms with Crippen molar-refractivity contribution >= 4 is 24.0 Å². The minimum Gasteiger partial charge on any atom is -0.502 e. The van der Waals surface area contributed by atoms with E-state index in [-0.39, 0.29) is 54.8 Å². The van der Waals surface area contributed by atoms with Gasteiger partial charge in [0, 0.05) is 24.1 Å². The van der Waals surface area contributed by atoms with Crippen LogP contribution in [0.1, 0.15) is 47.9 Å². The standard InChI is InChI=1S/C25H28ClNO8/c1-31-21-7-14(8-22(32-2)25(21)30)16-6-15(11-33-12-28)24(27-23(29)4-3-5-26)18-10-20-19(9-17(16)18)34-13-35-20/h7-10,12,15-16,24,30H,3-6,11,13H2,1-2H3,(H,27,29)/t15-,16?,24+/m1/s1. The molecular weight excluding hydrogens is 478 g/mol. The molecule has 0 spiro atoms. The Balaban J connectivity index is 1.82. The third kappa shape index (κ3) is 5.05. The fourth-order valence-corrected chi connectivity index (χ4v) is 4.92. The maximum atomic E-state index is 12.7. The highest BCUT2D eigenvalue weighted by Gasteiger charge is 2.39. The van der Waals surface area contributed by atoms with E-state index >= 15 is 0 Å². The molecular formula is C25H28ClNO8. The van der Waals surface area contributed by atoms with Gasteiger partial charge in [-0.3, -0.25) is 9.59 Å². The van der Waals surface area contributed by atoms with Crippen molar-refractivity contribution in [3.05, 3.63) is 41.0 Å². The third-order valence-corrected chi connectivity index (χ3v) is 6.70. The fraction of sp³-hybridized carbons (Fsp3) is 0.440. The number of hydrogen-bond donors (Lipinski definition) is 2. The molecule has 188 valence electrons. The van der Waals surface area contributed by atoms with Gasteiger partial charge in [0.15, 0.2) is 23.0 Å². The minimum absolute atomic E-state index is 0.0919. The molecule has 1 aliphatic heterocycles. The van der Waals surface area contributed by atoms with Crippen LogP contribution in [0.3, 0.4) is 0 Å². The Hall–Kier alpha value is -3.33. The minimum atomic E-state index is -0.417. The molecule has 2 aromatic carbocycles. The van der Waals surface area contributed by atoms with Crippen LogP contribution in [0.15, 0.2) is 24.3 Å². The fourth-order valence-electron chi connectivity index (χ4n) is 4.79. The number of methoxy groups -OCH3 is 2. The van der Waals surface area contributed by atoms with E-state index in [1.807, 2.05) is 12.1 Å². The van der Waals surface area contributed by atoms with Crippen molar-refractivity contribution in [2.75, 3.05) is 33.5 Å². The van der Waals surface area contributed by atoms with Gasteiger partial charge in [0.1, 0.15) is 0 Å². The number of carbonyl (C=O) groups is 2. The average molecular weight is 506 g/mol. The summed E-state index contributed by atoms with van der Waals surface area (Å²) in [5.41, 5.74) is 2.60. The van der Waals surface area contributed by atoms with Gasteiger partial charge >= 0.3 is 0 Å². The first kappa shape index (κ1) is 24.8. The molecule has 1 heterocycles. The maximum absolute atomic E-state index is 12.7. The molecule has 1 amide bonds. The molecule has 0 saturated carbocycles. The second-order valence-corrected chi connectivity index (χ2v) is 8.80. The summed E-state index contributed by atoms with van der Waals surface area (Å²) in [6, 6.07) is 6.89. The Kier molecular flexibility index (Phi) is 7.75. The average Bonchev–Trinajstić information content (AvgIpc) is 3.33. The molecule has 35 heavy (non-hydrogen) atoms. The number of rotatable bonds is 10. The number of nitrogens with one attached hydrogen (secondary N) is 1. The van der Waals surface area contributed by atoms with Gasteiger partial charge in [-0.25, -0.2) is 0 Å². The van der Waals surface area contributed by atoms with E-state index in [0.29, 0.717) is 36.7 Å². The number of halogens is 1. The topological polar surface area (TPSA) is 113 Å². The summed E-state index contributed by atoms with van der Waals surface area (Å²) >= 11 is 5.77. The number of amides is 1. The Labute approximate surface area is 208 Å². The van der Waals surface area contributed by atoms with Gasteiger partial charge in [-0.1, -0.05) is 0 Å². The summed E-state index contributed by atoms with van der Waals surface area (Å²) < 4.78 is 27.2. The molecule has 0 radical (unpaired) electrons. The van der Waals surface area contributed by atoms with Gasteiger partial charge in [-0.2, -0.15) is 0 Å². The molecule has 1 unspecified atom stereocenters. The van der Waals surface area contributed by atoms with Crippen LogP contribution < -0.4 is 24.3 Å². The molecule has 1 aliphatic carbocycles. The smallest absolute Gasteiger partial charge is 0.293 e. The number of fused-ring (bicyclic) bond motifs is 2. The number of alkyl halides is 1. The highest BCUT2D eigenvalue weighted by atomic mass is 35.5. The summed E-state index contributed by atoms with van der Waals surface area (Å²) in [6.45, 7) is 0.623. The van der Waals surface area contributed by atoms with Gasteiger partial charge in [0.2, 0.25) is 18.4 Å². The van der Waals surface area contributed by atoms with Crippen LogP contribution in [-0.2, 0) is 14.3 Å². The molecule has 2 N–H and O–H groups in total. The van der Waals surface area contributed by atoms with Crippen molar-refractivity contribution in [1.29, 1.82) is 0 Å². The Morgan fingerprint density at radius 3 is 2.40 bits per heavy atom. The van der Waals surface area contributed by atoms with Crippen molar-refractivity contribution in [2.24, 2.45) is 5.92 Å². The summed E-state index contributed by atoms with van der Waals surface area (Å²) in [5.74, 6) is 1.48.